The van der Waals surface area contributed by atoms with Crippen molar-refractivity contribution in [2.75, 3.05) is 0 Å². The molecule has 55 valence electrons. The maximum atomic E-state index is 4.13. The van der Waals surface area contributed by atoms with E-state index in [1.165, 1.54) is 0 Å². The number of rotatable bonds is 3. The van der Waals surface area contributed by atoms with Crippen LogP contribution in [0.2, 0.25) is 0 Å². The third kappa shape index (κ3) is 10.9. The predicted molar refractivity (Wildman–Crippen MR) is 47.7 cm³/mol. The van der Waals surface area contributed by atoms with Crippen LogP contribution >= 0.6 is 0 Å². The van der Waals surface area contributed by atoms with Crippen molar-refractivity contribution in [2.45, 2.75) is 39.8 Å². The van der Waals surface area contributed by atoms with Gasteiger partial charge in [0.25, 0.3) is 0 Å². The van der Waals surface area contributed by atoms with Crippen molar-refractivity contribution in [3.8, 4) is 0 Å². The SMILES string of the molecule is CC(C)N=CNC(C)C.[Li]. The fourth-order valence-electron chi connectivity index (χ4n) is 0.341. The minimum absolute atomic E-state index is 0. The maximum Gasteiger partial charge on any atom is 0.0828 e. The number of nitrogens with one attached hydrogen (secondary N) is 1. The zero-order chi connectivity index (χ0) is 7.28. The third-order valence-corrected chi connectivity index (χ3v) is 0.781. The van der Waals surface area contributed by atoms with Crippen molar-refractivity contribution < 1.29 is 0 Å². The topological polar surface area (TPSA) is 24.4 Å². The van der Waals surface area contributed by atoms with Crippen molar-refractivity contribution in [1.29, 1.82) is 0 Å². The predicted octanol–water partition coefficient (Wildman–Crippen LogP) is 1.04. The zero-order valence-electron chi connectivity index (χ0n) is 7.68. The Morgan fingerprint density at radius 1 is 1.20 bits per heavy atom. The van der Waals surface area contributed by atoms with Crippen LogP contribution in [0.4, 0.5) is 0 Å². The molecule has 0 rings (SSSR count). The molecule has 10 heavy (non-hydrogen) atoms. The Labute approximate surface area is 75.7 Å². The Morgan fingerprint density at radius 2 is 1.70 bits per heavy atom. The minimum Gasteiger partial charge on any atom is -0.374 e. The molecule has 0 aromatic carbocycles. The fraction of sp³-hybridized carbons (Fsp3) is 0.857. The molecular weight excluding hydrogens is 119 g/mol. The van der Waals surface area contributed by atoms with E-state index in [2.05, 4.69) is 38.0 Å². The molecule has 0 aliphatic heterocycles. The van der Waals surface area contributed by atoms with E-state index in [0.717, 1.165) is 0 Å². The van der Waals surface area contributed by atoms with Crippen molar-refractivity contribution >= 4 is 25.2 Å². The molecule has 0 aromatic heterocycles. The molecule has 0 amide bonds. The first-order chi connectivity index (χ1) is 4.13. The normalized spacial score (nSPS) is 10.6. The first-order valence-electron chi connectivity index (χ1n) is 3.40. The molecule has 1 N–H and O–H groups in total. The van der Waals surface area contributed by atoms with E-state index in [1.807, 2.05) is 0 Å². The fourth-order valence-corrected chi connectivity index (χ4v) is 0.341. The van der Waals surface area contributed by atoms with E-state index < -0.39 is 0 Å². The third-order valence-electron chi connectivity index (χ3n) is 0.781. The molecule has 3 heteroatoms. The van der Waals surface area contributed by atoms with Crippen molar-refractivity contribution in [3.05, 3.63) is 0 Å². The van der Waals surface area contributed by atoms with Gasteiger partial charge in [0.1, 0.15) is 0 Å². The first kappa shape index (κ1) is 12.7. The second-order valence-corrected chi connectivity index (χ2v) is 2.69. The number of hydrogen-bond acceptors (Lipinski definition) is 1. The van der Waals surface area contributed by atoms with Crippen molar-refractivity contribution in [2.24, 2.45) is 4.99 Å². The van der Waals surface area contributed by atoms with Gasteiger partial charge < -0.3 is 5.32 Å². The van der Waals surface area contributed by atoms with Crippen LogP contribution in [0.15, 0.2) is 4.99 Å². The van der Waals surface area contributed by atoms with E-state index in [4.69, 9.17) is 0 Å². The van der Waals surface area contributed by atoms with Gasteiger partial charge in [-0.1, -0.05) is 0 Å². The summed E-state index contributed by atoms with van der Waals surface area (Å²) in [5.74, 6) is 0. The molecule has 0 saturated heterocycles. The van der Waals surface area contributed by atoms with Crippen LogP contribution in [0.5, 0.6) is 0 Å². The Morgan fingerprint density at radius 3 is 2.00 bits per heavy atom. The molecule has 0 aromatic rings. The van der Waals surface area contributed by atoms with E-state index in [0.29, 0.717) is 12.1 Å². The summed E-state index contributed by atoms with van der Waals surface area (Å²) < 4.78 is 0. The maximum absolute atomic E-state index is 4.13. The van der Waals surface area contributed by atoms with Crippen LogP contribution in [0.1, 0.15) is 27.7 Å². The number of nitrogens with zero attached hydrogens (tertiary/aromatic N) is 1. The molecule has 0 bridgehead atoms. The summed E-state index contributed by atoms with van der Waals surface area (Å²) in [5, 5.41) is 3.09. The molecule has 2 nitrogen and oxygen atoms in total. The minimum atomic E-state index is 0. The van der Waals surface area contributed by atoms with Gasteiger partial charge in [-0.25, -0.2) is 0 Å². The molecule has 0 saturated carbocycles. The monoisotopic (exact) mass is 135 g/mol. The van der Waals surface area contributed by atoms with E-state index in [9.17, 15) is 0 Å². The Balaban J connectivity index is 0. The van der Waals surface area contributed by atoms with Gasteiger partial charge in [-0.15, -0.1) is 0 Å². The molecule has 0 fully saturated rings. The van der Waals surface area contributed by atoms with Crippen LogP contribution in [-0.4, -0.2) is 37.3 Å². The summed E-state index contributed by atoms with van der Waals surface area (Å²) in [4.78, 5) is 4.13. The van der Waals surface area contributed by atoms with Crippen LogP contribution < -0.4 is 5.32 Å². The van der Waals surface area contributed by atoms with Crippen LogP contribution in [0.25, 0.3) is 0 Å². The van der Waals surface area contributed by atoms with Gasteiger partial charge >= 0.3 is 0 Å². The average Bonchev–Trinajstić information content (AvgIpc) is 1.63. The molecule has 0 atom stereocenters. The molecule has 0 aliphatic carbocycles. The quantitative estimate of drug-likeness (QED) is 0.349. The van der Waals surface area contributed by atoms with Crippen LogP contribution in [0.3, 0.4) is 0 Å². The van der Waals surface area contributed by atoms with Crippen LogP contribution in [-0.2, 0) is 0 Å². The average molecular weight is 135 g/mol. The number of hydrogen-bond donors (Lipinski definition) is 1. The van der Waals surface area contributed by atoms with Gasteiger partial charge in [0.2, 0.25) is 0 Å². The zero-order valence-corrected chi connectivity index (χ0v) is 7.68. The first-order valence-corrected chi connectivity index (χ1v) is 3.40. The van der Waals surface area contributed by atoms with Crippen molar-refractivity contribution in [1.82, 2.24) is 5.32 Å². The second kappa shape index (κ2) is 7.18. The number of aliphatic imine (C=N–C) groups is 1. The van der Waals surface area contributed by atoms with Crippen LogP contribution in [0, 0.1) is 0 Å². The summed E-state index contributed by atoms with van der Waals surface area (Å²) in [6.45, 7) is 8.29. The molecule has 1 radical (unpaired) electrons. The van der Waals surface area contributed by atoms with Crippen molar-refractivity contribution in [3.63, 3.8) is 0 Å². The van der Waals surface area contributed by atoms with E-state index in [-0.39, 0.29) is 18.9 Å². The van der Waals surface area contributed by atoms with E-state index in [1.54, 1.807) is 6.34 Å². The van der Waals surface area contributed by atoms with Gasteiger partial charge in [-0.3, -0.25) is 4.99 Å². The molecular formula is C7H16LiN2. The summed E-state index contributed by atoms with van der Waals surface area (Å²) in [7, 11) is 0. The molecule has 0 unspecified atom stereocenters. The smallest absolute Gasteiger partial charge is 0.0828 e. The second-order valence-electron chi connectivity index (χ2n) is 2.69. The largest absolute Gasteiger partial charge is 0.374 e. The summed E-state index contributed by atoms with van der Waals surface area (Å²) in [6.07, 6.45) is 1.77. The van der Waals surface area contributed by atoms with E-state index >= 15 is 0 Å². The molecule has 0 aliphatic rings. The summed E-state index contributed by atoms with van der Waals surface area (Å²) in [6, 6.07) is 0.892. The molecule has 0 heterocycles. The van der Waals surface area contributed by atoms with Gasteiger partial charge in [-0.2, -0.15) is 0 Å². The van der Waals surface area contributed by atoms with Gasteiger partial charge in [-0.05, 0) is 27.7 Å². The molecule has 0 spiro atoms. The standard InChI is InChI=1S/C7H16N2.Li/c1-6(2)8-5-9-7(3)4;/h5-7H,1-4H3,(H,8,9);. The Bertz CT molecular complexity index is 89.6. The summed E-state index contributed by atoms with van der Waals surface area (Å²) >= 11 is 0. The van der Waals surface area contributed by atoms with Gasteiger partial charge in [0.15, 0.2) is 0 Å². The summed E-state index contributed by atoms with van der Waals surface area (Å²) in [5.41, 5.74) is 0. The Kier molecular flexibility index (Phi) is 9.13. The van der Waals surface area contributed by atoms with Gasteiger partial charge in [0.05, 0.1) is 6.34 Å². The Hall–Kier alpha value is 0.0674. The van der Waals surface area contributed by atoms with Gasteiger partial charge in [0, 0.05) is 30.9 Å².